The smallest absolute Gasteiger partial charge is 0.212 e. The topological polar surface area (TPSA) is 37.4 Å². The molecule has 5 heteroatoms. The normalized spacial score (nSPS) is 10.2. The van der Waals surface area contributed by atoms with E-state index in [1.165, 1.54) is 0 Å². The number of pyridine rings is 1. The molecule has 0 spiro atoms. The lowest BCUT2D eigenvalue weighted by Gasteiger charge is -2.20. The molecule has 0 amide bonds. The maximum Gasteiger partial charge on any atom is 0.212 e. The molecule has 20 heavy (non-hydrogen) atoms. The maximum atomic E-state index is 6.24. The van der Waals surface area contributed by atoms with Gasteiger partial charge < -0.3 is 15.0 Å². The molecule has 0 bridgehead atoms. The summed E-state index contributed by atoms with van der Waals surface area (Å²) in [6, 6.07) is 9.67. The van der Waals surface area contributed by atoms with Crippen LogP contribution in [0.5, 0.6) is 5.88 Å². The van der Waals surface area contributed by atoms with Gasteiger partial charge >= 0.3 is 0 Å². The van der Waals surface area contributed by atoms with Crippen molar-refractivity contribution in [1.82, 2.24) is 4.98 Å². The number of nitrogens with zero attached hydrogens (tertiary/aromatic N) is 2. The molecule has 106 valence electrons. The van der Waals surface area contributed by atoms with Crippen molar-refractivity contribution < 1.29 is 4.74 Å². The molecule has 0 saturated carbocycles. The van der Waals surface area contributed by atoms with Crippen molar-refractivity contribution in [3.63, 3.8) is 0 Å². The minimum atomic E-state index is 0.616. The molecule has 1 N–H and O–H groups in total. The summed E-state index contributed by atoms with van der Waals surface area (Å²) in [5.41, 5.74) is 3.06. The minimum absolute atomic E-state index is 0.616. The highest BCUT2D eigenvalue weighted by Gasteiger charge is 2.08. The van der Waals surface area contributed by atoms with Crippen molar-refractivity contribution >= 4 is 23.0 Å². The van der Waals surface area contributed by atoms with Crippen molar-refractivity contribution in [3.8, 4) is 5.88 Å². The van der Waals surface area contributed by atoms with Gasteiger partial charge in [-0.05, 0) is 17.7 Å². The molecule has 0 unspecified atom stereocenters. The van der Waals surface area contributed by atoms with Crippen LogP contribution in [0.25, 0.3) is 0 Å². The number of hydrogen-bond acceptors (Lipinski definition) is 4. The van der Waals surface area contributed by atoms with Gasteiger partial charge in [-0.1, -0.05) is 23.7 Å². The van der Waals surface area contributed by atoms with Crippen LogP contribution in [0.15, 0.2) is 36.5 Å². The van der Waals surface area contributed by atoms with E-state index in [4.69, 9.17) is 16.3 Å². The Morgan fingerprint density at radius 3 is 2.65 bits per heavy atom. The number of aromatic nitrogens is 1. The fourth-order valence-electron chi connectivity index (χ4n) is 1.95. The minimum Gasteiger partial charge on any atom is -0.481 e. The molecule has 2 aromatic rings. The zero-order valence-corrected chi connectivity index (χ0v) is 12.6. The van der Waals surface area contributed by atoms with Gasteiger partial charge in [0.1, 0.15) is 0 Å². The van der Waals surface area contributed by atoms with Crippen LogP contribution < -0.4 is 15.0 Å². The average Bonchev–Trinajstić information content (AvgIpc) is 2.45. The van der Waals surface area contributed by atoms with Crippen molar-refractivity contribution in [2.45, 2.75) is 6.54 Å². The summed E-state index contributed by atoms with van der Waals surface area (Å²) in [6.07, 6.45) is 1.80. The van der Waals surface area contributed by atoms with Crippen LogP contribution >= 0.6 is 11.6 Å². The van der Waals surface area contributed by atoms with Gasteiger partial charge in [0.2, 0.25) is 5.88 Å². The summed E-state index contributed by atoms with van der Waals surface area (Å²) in [5.74, 6) is 0.616. The number of ether oxygens (including phenoxy) is 1. The molecule has 0 aliphatic heterocycles. The van der Waals surface area contributed by atoms with Crippen molar-refractivity contribution in [3.05, 3.63) is 47.1 Å². The maximum absolute atomic E-state index is 6.24. The lowest BCUT2D eigenvalue weighted by atomic mass is 10.2. The van der Waals surface area contributed by atoms with Crippen LogP contribution in [0.4, 0.5) is 11.4 Å². The number of halogens is 1. The largest absolute Gasteiger partial charge is 0.481 e. The molecule has 0 aliphatic carbocycles. The fourth-order valence-corrected chi connectivity index (χ4v) is 2.29. The van der Waals surface area contributed by atoms with E-state index in [1.54, 1.807) is 13.3 Å². The van der Waals surface area contributed by atoms with Gasteiger partial charge in [0, 0.05) is 32.9 Å². The lowest BCUT2D eigenvalue weighted by Crippen LogP contribution is -2.12. The molecule has 2 rings (SSSR count). The van der Waals surface area contributed by atoms with Gasteiger partial charge in [0.15, 0.2) is 0 Å². The Morgan fingerprint density at radius 1 is 1.25 bits per heavy atom. The molecular formula is C15H18ClN3O. The van der Waals surface area contributed by atoms with Crippen molar-refractivity contribution in [1.29, 1.82) is 0 Å². The first-order valence-electron chi connectivity index (χ1n) is 6.30. The van der Waals surface area contributed by atoms with E-state index in [0.29, 0.717) is 12.4 Å². The second-order valence-electron chi connectivity index (χ2n) is 4.59. The second kappa shape index (κ2) is 6.48. The number of rotatable bonds is 5. The summed E-state index contributed by atoms with van der Waals surface area (Å²) in [4.78, 5) is 6.18. The van der Waals surface area contributed by atoms with Gasteiger partial charge in [0.25, 0.3) is 0 Å². The van der Waals surface area contributed by atoms with Gasteiger partial charge in [-0.3, -0.25) is 0 Å². The molecule has 0 atom stereocenters. The predicted octanol–water partition coefficient (Wildman–Crippen LogP) is 3.42. The van der Waals surface area contributed by atoms with E-state index in [-0.39, 0.29) is 0 Å². The predicted molar refractivity (Wildman–Crippen MR) is 83.9 cm³/mol. The Morgan fingerprint density at radius 2 is 2.05 bits per heavy atom. The van der Waals surface area contributed by atoms with Crippen LogP contribution in [0.3, 0.4) is 0 Å². The van der Waals surface area contributed by atoms with E-state index in [1.807, 2.05) is 49.3 Å². The van der Waals surface area contributed by atoms with Gasteiger partial charge in [-0.15, -0.1) is 0 Å². The summed E-state index contributed by atoms with van der Waals surface area (Å²) < 4.78 is 5.04. The number of anilines is 2. The highest BCUT2D eigenvalue weighted by Crippen LogP contribution is 2.32. The van der Waals surface area contributed by atoms with Crippen LogP contribution in [0.1, 0.15) is 5.56 Å². The number of methoxy groups -OCH3 is 1. The second-order valence-corrected chi connectivity index (χ2v) is 5.00. The average molecular weight is 292 g/mol. The summed E-state index contributed by atoms with van der Waals surface area (Å²) >= 11 is 6.24. The molecule has 4 nitrogen and oxygen atoms in total. The Bertz CT molecular complexity index is 570. The molecule has 1 aromatic carbocycles. The molecule has 1 aromatic heterocycles. The van der Waals surface area contributed by atoms with E-state index in [9.17, 15) is 0 Å². The van der Waals surface area contributed by atoms with E-state index in [0.717, 1.165) is 22.0 Å². The summed E-state index contributed by atoms with van der Waals surface area (Å²) in [6.45, 7) is 0.679. The molecular weight excluding hydrogens is 274 g/mol. The Balaban J connectivity index is 2.12. The Hall–Kier alpha value is -1.94. The standard InChI is InChI=1S/C15H18ClN3O/c1-19(2)15-12(16)5-4-6-13(15)17-9-11-7-8-14(20-3)18-10-11/h4-8,10,17H,9H2,1-3H3. The third-order valence-electron chi connectivity index (χ3n) is 2.92. The molecule has 1 heterocycles. The molecule has 0 radical (unpaired) electrons. The van der Waals surface area contributed by atoms with Crippen LogP contribution in [0.2, 0.25) is 5.02 Å². The number of para-hydroxylation sites is 1. The monoisotopic (exact) mass is 291 g/mol. The zero-order chi connectivity index (χ0) is 14.5. The van der Waals surface area contributed by atoms with Crippen LogP contribution in [0, 0.1) is 0 Å². The van der Waals surface area contributed by atoms with Gasteiger partial charge in [-0.25, -0.2) is 4.98 Å². The number of nitrogens with one attached hydrogen (secondary N) is 1. The van der Waals surface area contributed by atoms with Gasteiger partial charge in [0.05, 0.1) is 23.5 Å². The summed E-state index contributed by atoms with van der Waals surface area (Å²) in [5, 5.41) is 4.11. The van der Waals surface area contributed by atoms with E-state index in [2.05, 4.69) is 10.3 Å². The SMILES string of the molecule is COc1ccc(CNc2cccc(Cl)c2N(C)C)cn1. The third kappa shape index (κ3) is 3.33. The zero-order valence-electron chi connectivity index (χ0n) is 11.9. The van der Waals surface area contributed by atoms with E-state index < -0.39 is 0 Å². The van der Waals surface area contributed by atoms with Crippen LogP contribution in [-0.2, 0) is 6.54 Å². The quantitative estimate of drug-likeness (QED) is 0.916. The third-order valence-corrected chi connectivity index (χ3v) is 3.23. The number of hydrogen-bond donors (Lipinski definition) is 1. The lowest BCUT2D eigenvalue weighted by molar-refractivity contribution is 0.397. The first-order valence-corrected chi connectivity index (χ1v) is 6.68. The highest BCUT2D eigenvalue weighted by molar-refractivity contribution is 6.34. The highest BCUT2D eigenvalue weighted by atomic mass is 35.5. The molecule has 0 aliphatic rings. The fraction of sp³-hybridized carbons (Fsp3) is 0.267. The Labute approximate surface area is 124 Å². The first kappa shape index (κ1) is 14.5. The van der Waals surface area contributed by atoms with E-state index >= 15 is 0 Å². The van der Waals surface area contributed by atoms with Crippen molar-refractivity contribution in [2.75, 3.05) is 31.4 Å². The summed E-state index contributed by atoms with van der Waals surface area (Å²) in [7, 11) is 5.55. The molecule has 0 saturated heterocycles. The van der Waals surface area contributed by atoms with Crippen molar-refractivity contribution in [2.24, 2.45) is 0 Å². The number of benzene rings is 1. The van der Waals surface area contributed by atoms with Crippen LogP contribution in [-0.4, -0.2) is 26.2 Å². The van der Waals surface area contributed by atoms with Gasteiger partial charge in [-0.2, -0.15) is 0 Å². The first-order chi connectivity index (χ1) is 9.61. The Kier molecular flexibility index (Phi) is 4.69. The molecule has 0 fully saturated rings.